The van der Waals surface area contributed by atoms with E-state index in [2.05, 4.69) is 48.0 Å². The number of fused-ring (bicyclic) bond motifs is 2. The molecular formula is C20H28N2. The van der Waals surface area contributed by atoms with Crippen LogP contribution in [0.15, 0.2) is 24.3 Å². The van der Waals surface area contributed by atoms with Crippen molar-refractivity contribution in [1.29, 1.82) is 0 Å². The Morgan fingerprint density at radius 1 is 1.14 bits per heavy atom. The van der Waals surface area contributed by atoms with Crippen LogP contribution in [0.2, 0.25) is 0 Å². The van der Waals surface area contributed by atoms with Gasteiger partial charge in [-0.05, 0) is 68.7 Å². The van der Waals surface area contributed by atoms with Crippen molar-refractivity contribution in [2.24, 2.45) is 5.41 Å². The largest absolute Gasteiger partial charge is 0.366 e. The summed E-state index contributed by atoms with van der Waals surface area (Å²) in [5.41, 5.74) is 4.14. The van der Waals surface area contributed by atoms with Gasteiger partial charge in [0.2, 0.25) is 0 Å². The standard InChI is InChI=1S/C20H28N2/c1-3-19-10-6-13-22-14-9-16-15-7-4-5-8-17(15)21(2)20(16,12-11-19)18(19)22/h4-5,7-8,16,18H,3,6,9-14H2,1-2H3/t16-,18-,19-,20+/m1/s1. The Morgan fingerprint density at radius 2 is 2.00 bits per heavy atom. The van der Waals surface area contributed by atoms with E-state index in [0.717, 1.165) is 12.0 Å². The van der Waals surface area contributed by atoms with Crippen LogP contribution >= 0.6 is 0 Å². The molecule has 0 aromatic heterocycles. The average Bonchev–Trinajstić information content (AvgIpc) is 3.05. The predicted molar refractivity (Wildman–Crippen MR) is 91.5 cm³/mol. The number of likely N-dealkylation sites (N-methyl/N-ethyl adjacent to an activating group) is 1. The second-order valence-corrected chi connectivity index (χ2v) is 8.21. The molecule has 3 fully saturated rings. The lowest BCUT2D eigenvalue weighted by atomic mass is 9.64. The van der Waals surface area contributed by atoms with E-state index in [1.54, 1.807) is 5.56 Å². The first-order chi connectivity index (χ1) is 10.7. The monoisotopic (exact) mass is 296 g/mol. The van der Waals surface area contributed by atoms with E-state index >= 15 is 0 Å². The number of hydrogen-bond donors (Lipinski definition) is 0. The van der Waals surface area contributed by atoms with Gasteiger partial charge >= 0.3 is 0 Å². The Bertz CT molecular complexity index is 611. The third kappa shape index (κ3) is 1.33. The van der Waals surface area contributed by atoms with Gasteiger partial charge in [-0.25, -0.2) is 0 Å². The number of piperidine rings is 2. The molecule has 1 aliphatic carbocycles. The summed E-state index contributed by atoms with van der Waals surface area (Å²) in [5.74, 6) is 0.765. The minimum atomic E-state index is 0.387. The highest BCUT2D eigenvalue weighted by Gasteiger charge is 2.67. The van der Waals surface area contributed by atoms with Crippen LogP contribution in [0.4, 0.5) is 5.69 Å². The third-order valence-corrected chi connectivity index (χ3v) is 7.87. The summed E-state index contributed by atoms with van der Waals surface area (Å²) in [7, 11) is 2.39. The molecule has 0 unspecified atom stereocenters. The fourth-order valence-electron chi connectivity index (χ4n) is 7.00. The summed E-state index contributed by atoms with van der Waals surface area (Å²) in [6.45, 7) is 5.11. The zero-order valence-corrected chi connectivity index (χ0v) is 14.0. The molecule has 2 heteroatoms. The first-order valence-electron chi connectivity index (χ1n) is 9.30. The summed E-state index contributed by atoms with van der Waals surface area (Å²) in [4.78, 5) is 5.60. The first-order valence-corrected chi connectivity index (χ1v) is 9.30. The van der Waals surface area contributed by atoms with Crippen molar-refractivity contribution in [3.63, 3.8) is 0 Å². The molecule has 118 valence electrons. The Balaban J connectivity index is 1.70. The minimum Gasteiger partial charge on any atom is -0.366 e. The van der Waals surface area contributed by atoms with Gasteiger partial charge in [0.25, 0.3) is 0 Å². The van der Waals surface area contributed by atoms with Crippen LogP contribution < -0.4 is 4.90 Å². The van der Waals surface area contributed by atoms with E-state index in [9.17, 15) is 0 Å². The van der Waals surface area contributed by atoms with Crippen LogP contribution in [0.5, 0.6) is 0 Å². The van der Waals surface area contributed by atoms with Crippen LogP contribution in [-0.2, 0) is 0 Å². The van der Waals surface area contributed by atoms with E-state index in [0.29, 0.717) is 11.0 Å². The Kier molecular flexibility index (Phi) is 2.61. The molecule has 0 bridgehead atoms. The van der Waals surface area contributed by atoms with Gasteiger partial charge in [0.15, 0.2) is 0 Å². The highest BCUT2D eigenvalue weighted by molar-refractivity contribution is 5.65. The fraction of sp³-hybridized carbons (Fsp3) is 0.700. The minimum absolute atomic E-state index is 0.387. The summed E-state index contributed by atoms with van der Waals surface area (Å²) in [6, 6.07) is 10.0. The normalized spacial score (nSPS) is 42.9. The lowest BCUT2D eigenvalue weighted by Crippen LogP contribution is -2.67. The van der Waals surface area contributed by atoms with Crippen LogP contribution in [-0.4, -0.2) is 36.6 Å². The first kappa shape index (κ1) is 13.4. The smallest absolute Gasteiger partial charge is 0.0629 e. The van der Waals surface area contributed by atoms with Gasteiger partial charge in [-0.2, -0.15) is 0 Å². The zero-order valence-electron chi connectivity index (χ0n) is 14.0. The van der Waals surface area contributed by atoms with Gasteiger partial charge in [-0.15, -0.1) is 0 Å². The van der Waals surface area contributed by atoms with Crippen molar-refractivity contribution < 1.29 is 0 Å². The van der Waals surface area contributed by atoms with Crippen molar-refractivity contribution in [2.45, 2.75) is 62.9 Å². The molecule has 5 rings (SSSR count). The maximum atomic E-state index is 2.89. The number of benzene rings is 1. The summed E-state index contributed by atoms with van der Waals surface area (Å²) in [5, 5.41) is 0. The maximum Gasteiger partial charge on any atom is 0.0629 e. The van der Waals surface area contributed by atoms with Crippen molar-refractivity contribution >= 4 is 5.69 Å². The van der Waals surface area contributed by atoms with E-state index in [1.165, 1.54) is 57.3 Å². The number of hydrogen-bond acceptors (Lipinski definition) is 2. The third-order valence-electron chi connectivity index (χ3n) is 7.87. The second-order valence-electron chi connectivity index (χ2n) is 8.21. The quantitative estimate of drug-likeness (QED) is 0.772. The second kappa shape index (κ2) is 4.29. The molecule has 4 aliphatic rings. The molecule has 1 aromatic rings. The summed E-state index contributed by atoms with van der Waals surface area (Å²) in [6.07, 6.45) is 8.45. The molecule has 1 aromatic carbocycles. The van der Waals surface area contributed by atoms with Crippen LogP contribution in [0.3, 0.4) is 0 Å². The molecule has 0 amide bonds. The number of para-hydroxylation sites is 1. The average molecular weight is 296 g/mol. The van der Waals surface area contributed by atoms with Crippen LogP contribution in [0.25, 0.3) is 0 Å². The highest BCUT2D eigenvalue weighted by atomic mass is 15.3. The molecule has 1 saturated carbocycles. The van der Waals surface area contributed by atoms with Gasteiger partial charge in [-0.1, -0.05) is 25.1 Å². The molecule has 3 heterocycles. The Labute approximate surface area is 134 Å². The maximum absolute atomic E-state index is 2.89. The van der Waals surface area contributed by atoms with E-state index in [4.69, 9.17) is 0 Å². The molecule has 22 heavy (non-hydrogen) atoms. The zero-order chi connectivity index (χ0) is 14.9. The molecule has 3 aliphatic heterocycles. The topological polar surface area (TPSA) is 6.48 Å². The predicted octanol–water partition coefficient (Wildman–Crippen LogP) is 4.02. The van der Waals surface area contributed by atoms with Gasteiger partial charge in [-0.3, -0.25) is 4.90 Å². The van der Waals surface area contributed by atoms with Gasteiger partial charge in [0.05, 0.1) is 5.54 Å². The van der Waals surface area contributed by atoms with Gasteiger partial charge < -0.3 is 4.90 Å². The molecule has 1 spiro atoms. The SMILES string of the molecule is CC[C@@]12CCCN3CC[C@@H]4c5ccccc5N(C)[C@]4(CC1)[C@H]32. The van der Waals surface area contributed by atoms with Gasteiger partial charge in [0, 0.05) is 24.7 Å². The molecule has 0 N–H and O–H groups in total. The molecule has 2 nitrogen and oxygen atoms in total. The van der Waals surface area contributed by atoms with Crippen molar-refractivity contribution in [3.05, 3.63) is 29.8 Å². The molecule has 4 atom stereocenters. The molecular weight excluding hydrogens is 268 g/mol. The number of rotatable bonds is 1. The molecule has 0 radical (unpaired) electrons. The number of anilines is 1. The van der Waals surface area contributed by atoms with Crippen LogP contribution in [0.1, 0.15) is 56.9 Å². The van der Waals surface area contributed by atoms with Gasteiger partial charge in [0.1, 0.15) is 0 Å². The highest BCUT2D eigenvalue weighted by Crippen LogP contribution is 2.66. The van der Waals surface area contributed by atoms with E-state index in [1.807, 2.05) is 0 Å². The summed E-state index contributed by atoms with van der Waals surface area (Å²) >= 11 is 0. The Hall–Kier alpha value is -1.02. The number of nitrogens with zero attached hydrogens (tertiary/aromatic N) is 2. The molecule has 2 saturated heterocycles. The summed E-state index contributed by atoms with van der Waals surface area (Å²) < 4.78 is 0. The van der Waals surface area contributed by atoms with Crippen molar-refractivity contribution in [2.75, 3.05) is 25.0 Å². The van der Waals surface area contributed by atoms with E-state index < -0.39 is 0 Å². The lowest BCUT2D eigenvalue weighted by Gasteiger charge is -2.58. The van der Waals surface area contributed by atoms with Crippen LogP contribution in [0, 0.1) is 5.41 Å². The Morgan fingerprint density at radius 3 is 2.86 bits per heavy atom. The van der Waals surface area contributed by atoms with Crippen molar-refractivity contribution in [3.8, 4) is 0 Å². The van der Waals surface area contributed by atoms with E-state index in [-0.39, 0.29) is 0 Å². The van der Waals surface area contributed by atoms with Crippen molar-refractivity contribution in [1.82, 2.24) is 4.90 Å². The lowest BCUT2D eigenvalue weighted by molar-refractivity contribution is -0.0264. The fourth-order valence-corrected chi connectivity index (χ4v) is 7.00.